The third-order valence-electron chi connectivity index (χ3n) is 7.35. The molecule has 1 saturated carbocycles. The number of hydrogen-bond donors (Lipinski definition) is 1. The summed E-state index contributed by atoms with van der Waals surface area (Å²) in [5.74, 6) is -0.772. The maximum Gasteiger partial charge on any atom is 0.264 e. The SMILES string of the molecule is CC[C@@H](C(=O)NC1CCCC1)N(Cc1ccccc1)C(=O)CN(c1cc(Cl)ccc1Cl)S(=O)(=O)c1ccc(C)cc1. The van der Waals surface area contributed by atoms with Gasteiger partial charge in [0.05, 0.1) is 15.6 Å². The molecule has 0 spiro atoms. The topological polar surface area (TPSA) is 86.8 Å². The number of benzene rings is 3. The summed E-state index contributed by atoms with van der Waals surface area (Å²) < 4.78 is 29.0. The maximum atomic E-state index is 14.2. The van der Waals surface area contributed by atoms with Crippen LogP contribution in [0.4, 0.5) is 5.69 Å². The van der Waals surface area contributed by atoms with E-state index < -0.39 is 28.5 Å². The van der Waals surface area contributed by atoms with Crippen LogP contribution in [-0.4, -0.2) is 43.8 Å². The number of nitrogens with one attached hydrogen (secondary N) is 1. The fourth-order valence-electron chi connectivity index (χ4n) is 5.09. The van der Waals surface area contributed by atoms with Crippen LogP contribution in [0.3, 0.4) is 0 Å². The van der Waals surface area contributed by atoms with Crippen molar-refractivity contribution in [3.63, 3.8) is 0 Å². The minimum atomic E-state index is -4.24. The van der Waals surface area contributed by atoms with Gasteiger partial charge in [-0.3, -0.25) is 13.9 Å². The number of halogens is 2. The summed E-state index contributed by atoms with van der Waals surface area (Å²) in [6, 6.07) is 19.5. The van der Waals surface area contributed by atoms with Crippen LogP contribution in [0, 0.1) is 6.92 Å². The Hall–Kier alpha value is -3.07. The summed E-state index contributed by atoms with van der Waals surface area (Å²) in [5.41, 5.74) is 1.79. The molecule has 1 aliphatic carbocycles. The molecule has 41 heavy (non-hydrogen) atoms. The van der Waals surface area contributed by atoms with Crippen molar-refractivity contribution in [2.45, 2.75) is 69.5 Å². The van der Waals surface area contributed by atoms with E-state index in [0.717, 1.165) is 41.1 Å². The van der Waals surface area contributed by atoms with Gasteiger partial charge >= 0.3 is 0 Å². The van der Waals surface area contributed by atoms with E-state index in [9.17, 15) is 18.0 Å². The van der Waals surface area contributed by atoms with Gasteiger partial charge in [-0.2, -0.15) is 0 Å². The minimum Gasteiger partial charge on any atom is -0.352 e. The molecule has 0 heterocycles. The monoisotopic (exact) mass is 615 g/mol. The van der Waals surface area contributed by atoms with E-state index >= 15 is 0 Å². The number of anilines is 1. The Kier molecular flexibility index (Phi) is 10.3. The number of hydrogen-bond acceptors (Lipinski definition) is 4. The van der Waals surface area contributed by atoms with Crippen molar-refractivity contribution in [2.75, 3.05) is 10.8 Å². The van der Waals surface area contributed by atoms with Crippen LogP contribution in [0.15, 0.2) is 77.7 Å². The lowest BCUT2D eigenvalue weighted by Crippen LogP contribution is -2.53. The number of aryl methyl sites for hydroxylation is 1. The predicted molar refractivity (Wildman–Crippen MR) is 164 cm³/mol. The highest BCUT2D eigenvalue weighted by atomic mass is 35.5. The van der Waals surface area contributed by atoms with E-state index in [-0.39, 0.29) is 39.1 Å². The molecule has 0 unspecified atom stereocenters. The number of sulfonamides is 1. The van der Waals surface area contributed by atoms with Crippen molar-refractivity contribution in [3.8, 4) is 0 Å². The van der Waals surface area contributed by atoms with Crippen molar-refractivity contribution in [3.05, 3.63) is 94.0 Å². The largest absolute Gasteiger partial charge is 0.352 e. The molecular weight excluding hydrogens is 581 g/mol. The third kappa shape index (κ3) is 7.61. The van der Waals surface area contributed by atoms with Gasteiger partial charge in [0.15, 0.2) is 0 Å². The fourth-order valence-corrected chi connectivity index (χ4v) is 6.96. The fraction of sp³-hybridized carbons (Fsp3) is 0.355. The molecule has 218 valence electrons. The predicted octanol–water partition coefficient (Wildman–Crippen LogP) is 6.36. The Bertz CT molecular complexity index is 1460. The van der Waals surface area contributed by atoms with Gasteiger partial charge < -0.3 is 10.2 Å². The van der Waals surface area contributed by atoms with Crippen molar-refractivity contribution in [2.24, 2.45) is 0 Å². The first-order valence-corrected chi connectivity index (χ1v) is 16.0. The van der Waals surface area contributed by atoms with E-state index in [1.165, 1.54) is 29.2 Å². The molecule has 1 aliphatic rings. The number of carbonyl (C=O) groups excluding carboxylic acids is 2. The number of carbonyl (C=O) groups is 2. The molecule has 2 amide bonds. The summed E-state index contributed by atoms with van der Waals surface area (Å²) in [6.45, 7) is 3.27. The standard InChI is InChI=1S/C31H35Cl2N3O4S/c1-3-28(31(38)34-25-11-7-8-12-25)35(20-23-9-5-4-6-10-23)30(37)21-36(29-19-24(32)15-18-27(29)33)41(39,40)26-16-13-22(2)14-17-26/h4-6,9-10,13-19,25,28H,3,7-8,11-12,20-21H2,1-2H3,(H,34,38)/t28-/m0/s1. The van der Waals surface area contributed by atoms with Gasteiger partial charge in [0, 0.05) is 17.6 Å². The molecular formula is C31H35Cl2N3O4S. The van der Waals surface area contributed by atoms with E-state index in [1.54, 1.807) is 18.2 Å². The second-order valence-corrected chi connectivity index (χ2v) is 13.0. The van der Waals surface area contributed by atoms with E-state index in [4.69, 9.17) is 23.2 Å². The lowest BCUT2D eigenvalue weighted by Gasteiger charge is -2.34. The second kappa shape index (κ2) is 13.7. The first kappa shape index (κ1) is 30.9. The van der Waals surface area contributed by atoms with E-state index in [1.807, 2.05) is 44.2 Å². The van der Waals surface area contributed by atoms with Gasteiger partial charge in [0.25, 0.3) is 10.0 Å². The molecule has 10 heteroatoms. The Balaban J connectivity index is 1.73. The minimum absolute atomic E-state index is 0.00701. The van der Waals surface area contributed by atoms with Gasteiger partial charge in [-0.25, -0.2) is 8.42 Å². The normalized spacial score (nSPS) is 14.4. The molecule has 1 fully saturated rings. The van der Waals surface area contributed by atoms with Gasteiger partial charge in [0.2, 0.25) is 11.8 Å². The third-order valence-corrected chi connectivity index (χ3v) is 9.68. The van der Waals surface area contributed by atoms with Gasteiger partial charge in [-0.05, 0) is 62.1 Å². The average Bonchev–Trinajstić information content (AvgIpc) is 3.46. The summed E-state index contributed by atoms with van der Waals surface area (Å²) in [5, 5.41) is 3.50. The number of nitrogens with zero attached hydrogens (tertiary/aromatic N) is 2. The molecule has 7 nitrogen and oxygen atoms in total. The summed E-state index contributed by atoms with van der Waals surface area (Å²) in [7, 11) is -4.24. The average molecular weight is 617 g/mol. The zero-order chi connectivity index (χ0) is 29.6. The van der Waals surface area contributed by atoms with Gasteiger partial charge in [-0.15, -0.1) is 0 Å². The highest BCUT2D eigenvalue weighted by molar-refractivity contribution is 7.92. The molecule has 0 bridgehead atoms. The zero-order valence-corrected chi connectivity index (χ0v) is 25.6. The van der Waals surface area contributed by atoms with E-state index in [0.29, 0.717) is 6.42 Å². The van der Waals surface area contributed by atoms with Gasteiger partial charge in [-0.1, -0.05) is 91.0 Å². The lowest BCUT2D eigenvalue weighted by atomic mass is 10.1. The summed E-state index contributed by atoms with van der Waals surface area (Å²) in [6.07, 6.45) is 4.29. The quantitative estimate of drug-likeness (QED) is 0.272. The summed E-state index contributed by atoms with van der Waals surface area (Å²) >= 11 is 12.7. The van der Waals surface area contributed by atoms with Crippen LogP contribution in [0.2, 0.25) is 10.0 Å². The Labute approximate surface area is 252 Å². The second-order valence-electron chi connectivity index (χ2n) is 10.3. The highest BCUT2D eigenvalue weighted by Crippen LogP contribution is 2.33. The number of rotatable bonds is 11. The molecule has 3 aromatic rings. The Morgan fingerprint density at radius 2 is 1.63 bits per heavy atom. The maximum absolute atomic E-state index is 14.2. The lowest BCUT2D eigenvalue weighted by molar-refractivity contribution is -0.140. The van der Waals surface area contributed by atoms with Crippen LogP contribution in [-0.2, 0) is 26.2 Å². The van der Waals surface area contributed by atoms with Crippen molar-refractivity contribution >= 4 is 50.7 Å². The smallest absolute Gasteiger partial charge is 0.264 e. The molecule has 4 rings (SSSR count). The molecule has 0 aliphatic heterocycles. The zero-order valence-electron chi connectivity index (χ0n) is 23.2. The van der Waals surface area contributed by atoms with E-state index in [2.05, 4.69) is 5.32 Å². The molecule has 0 saturated heterocycles. The first-order chi connectivity index (χ1) is 19.6. The molecule has 1 atom stereocenters. The molecule has 3 aromatic carbocycles. The molecule has 0 radical (unpaired) electrons. The Morgan fingerprint density at radius 3 is 2.27 bits per heavy atom. The highest BCUT2D eigenvalue weighted by Gasteiger charge is 2.35. The van der Waals surface area contributed by atoms with Gasteiger partial charge in [0.1, 0.15) is 12.6 Å². The van der Waals surface area contributed by atoms with Crippen LogP contribution in [0.1, 0.15) is 50.2 Å². The summed E-state index contributed by atoms with van der Waals surface area (Å²) in [4.78, 5) is 29.1. The van der Waals surface area contributed by atoms with Crippen LogP contribution in [0.25, 0.3) is 0 Å². The van der Waals surface area contributed by atoms with Crippen molar-refractivity contribution in [1.29, 1.82) is 0 Å². The van der Waals surface area contributed by atoms with Crippen molar-refractivity contribution < 1.29 is 18.0 Å². The molecule has 0 aromatic heterocycles. The first-order valence-electron chi connectivity index (χ1n) is 13.8. The number of amides is 2. The van der Waals surface area contributed by atoms with Crippen LogP contribution >= 0.6 is 23.2 Å². The van der Waals surface area contributed by atoms with Crippen LogP contribution in [0.5, 0.6) is 0 Å². The van der Waals surface area contributed by atoms with Crippen molar-refractivity contribution in [1.82, 2.24) is 10.2 Å². The molecule has 1 N–H and O–H groups in total. The van der Waals surface area contributed by atoms with Crippen LogP contribution < -0.4 is 9.62 Å². The Morgan fingerprint density at radius 1 is 0.976 bits per heavy atom.